The molecule has 0 saturated carbocycles. The van der Waals surface area contributed by atoms with Gasteiger partial charge < -0.3 is 10.1 Å². The minimum Gasteiger partial charge on any atom is -0.444 e. The van der Waals surface area contributed by atoms with E-state index in [9.17, 15) is 15.3 Å². The summed E-state index contributed by atoms with van der Waals surface area (Å²) in [4.78, 5) is 13.7. The molecule has 7 heteroatoms. The summed E-state index contributed by atoms with van der Waals surface area (Å²) in [6, 6.07) is 18.4. The lowest BCUT2D eigenvalue weighted by Crippen LogP contribution is -2.39. The number of halogens is 1. The van der Waals surface area contributed by atoms with E-state index >= 15 is 0 Å². The molecule has 1 aliphatic heterocycles. The third-order valence-electron chi connectivity index (χ3n) is 4.74. The van der Waals surface area contributed by atoms with E-state index in [1.54, 1.807) is 44.7 Å². The molecule has 0 unspecified atom stereocenters. The maximum absolute atomic E-state index is 12.7. The largest absolute Gasteiger partial charge is 0.444 e. The molecular formula is C24H22ClN3O2S. The van der Waals surface area contributed by atoms with Gasteiger partial charge in [0.05, 0.1) is 6.04 Å². The summed E-state index contributed by atoms with van der Waals surface area (Å²) in [5.74, 6) is 0.242. The lowest BCUT2D eigenvalue weighted by Gasteiger charge is -2.35. The SMILES string of the molecule is CC(C)(C)OC(=O)N[C@H](c1cccc(Cl)c1)[C@H]1CSc2ccccc2C1=C(C#N)C#N. The Bertz CT molecular complexity index is 1090. The lowest BCUT2D eigenvalue weighted by atomic mass is 9.82. The molecular weight excluding hydrogens is 430 g/mol. The number of hydrogen-bond acceptors (Lipinski definition) is 5. The quantitative estimate of drug-likeness (QED) is 0.567. The van der Waals surface area contributed by atoms with Gasteiger partial charge in [-0.3, -0.25) is 0 Å². The van der Waals surface area contributed by atoms with Gasteiger partial charge in [0.1, 0.15) is 23.3 Å². The predicted molar refractivity (Wildman–Crippen MR) is 122 cm³/mol. The van der Waals surface area contributed by atoms with E-state index in [2.05, 4.69) is 5.32 Å². The molecule has 2 aromatic carbocycles. The molecule has 0 spiro atoms. The Hall–Kier alpha value is -2.93. The second-order valence-corrected chi connectivity index (χ2v) is 9.60. The van der Waals surface area contributed by atoms with Crippen molar-refractivity contribution in [3.8, 4) is 12.1 Å². The van der Waals surface area contributed by atoms with Gasteiger partial charge in [-0.15, -0.1) is 11.8 Å². The molecule has 1 heterocycles. The van der Waals surface area contributed by atoms with Crippen molar-refractivity contribution in [1.29, 1.82) is 10.5 Å². The number of thioether (sulfide) groups is 1. The summed E-state index contributed by atoms with van der Waals surface area (Å²) < 4.78 is 5.49. The van der Waals surface area contributed by atoms with E-state index in [0.717, 1.165) is 16.0 Å². The monoisotopic (exact) mass is 451 g/mol. The molecule has 5 nitrogen and oxygen atoms in total. The van der Waals surface area contributed by atoms with Crippen molar-refractivity contribution in [3.05, 3.63) is 70.3 Å². The number of carbonyl (C=O) groups excluding carboxylic acids is 1. The number of ether oxygens (including phenoxy) is 1. The fraction of sp³-hybridized carbons (Fsp3) is 0.292. The van der Waals surface area contributed by atoms with Crippen LogP contribution >= 0.6 is 23.4 Å². The van der Waals surface area contributed by atoms with Crippen LogP contribution in [0.4, 0.5) is 4.79 Å². The summed E-state index contributed by atoms with van der Waals surface area (Å²) in [7, 11) is 0. The second-order valence-electron chi connectivity index (χ2n) is 8.10. The summed E-state index contributed by atoms with van der Waals surface area (Å²) in [5.41, 5.74) is 1.60. The van der Waals surface area contributed by atoms with Crippen LogP contribution in [0.25, 0.3) is 5.57 Å². The lowest BCUT2D eigenvalue weighted by molar-refractivity contribution is 0.0495. The molecule has 3 rings (SSSR count). The van der Waals surface area contributed by atoms with Gasteiger partial charge in [0, 0.05) is 21.6 Å². The third kappa shape index (κ3) is 5.41. The Morgan fingerprint density at radius 1 is 1.19 bits per heavy atom. The number of allylic oxidation sites excluding steroid dienone is 1. The first kappa shape index (κ1) is 22.7. The van der Waals surface area contributed by atoms with Crippen molar-refractivity contribution in [3.63, 3.8) is 0 Å². The summed E-state index contributed by atoms with van der Waals surface area (Å²) in [6.45, 7) is 5.38. The Morgan fingerprint density at radius 2 is 1.90 bits per heavy atom. The van der Waals surface area contributed by atoms with Gasteiger partial charge in [0.2, 0.25) is 0 Å². The molecule has 0 aliphatic carbocycles. The van der Waals surface area contributed by atoms with Crippen LogP contribution in [0.15, 0.2) is 59.0 Å². The maximum Gasteiger partial charge on any atom is 0.408 e. The number of nitriles is 2. The van der Waals surface area contributed by atoms with Gasteiger partial charge in [0.15, 0.2) is 0 Å². The van der Waals surface area contributed by atoms with Gasteiger partial charge in [-0.25, -0.2) is 4.79 Å². The third-order valence-corrected chi connectivity index (χ3v) is 6.17. The molecule has 2 atom stereocenters. The Kier molecular flexibility index (Phi) is 6.95. The van der Waals surface area contributed by atoms with E-state index < -0.39 is 17.7 Å². The molecule has 0 bridgehead atoms. The average Bonchev–Trinajstić information content (AvgIpc) is 2.72. The molecule has 0 fully saturated rings. The number of alkyl carbamates (subject to hydrolysis) is 1. The standard InChI is InChI=1S/C24H22ClN3O2S/c1-24(2,3)30-23(29)28-22(15-7-6-8-17(25)11-15)19-14-31-20-10-5-4-9-18(20)21(19)16(12-26)13-27/h4-11,19,22H,14H2,1-3H3,(H,28,29)/t19-,22+/m0/s1. The highest BCUT2D eigenvalue weighted by Gasteiger charge is 2.36. The molecule has 1 N–H and O–H groups in total. The first-order chi connectivity index (χ1) is 14.7. The summed E-state index contributed by atoms with van der Waals surface area (Å²) in [5, 5.41) is 22.9. The van der Waals surface area contributed by atoms with E-state index in [-0.39, 0.29) is 11.5 Å². The van der Waals surface area contributed by atoms with Crippen molar-refractivity contribution < 1.29 is 9.53 Å². The maximum atomic E-state index is 12.7. The first-order valence-electron chi connectivity index (χ1n) is 9.75. The number of hydrogen-bond donors (Lipinski definition) is 1. The van der Waals surface area contributed by atoms with Crippen LogP contribution in [0.5, 0.6) is 0 Å². The Labute approximate surface area is 191 Å². The highest BCUT2D eigenvalue weighted by atomic mass is 35.5. The van der Waals surface area contributed by atoms with Gasteiger partial charge in [-0.2, -0.15) is 10.5 Å². The number of fused-ring (bicyclic) bond motifs is 1. The van der Waals surface area contributed by atoms with Crippen LogP contribution < -0.4 is 5.32 Å². The summed E-state index contributed by atoms with van der Waals surface area (Å²) in [6.07, 6.45) is -0.573. The number of nitrogens with one attached hydrogen (secondary N) is 1. The van der Waals surface area contributed by atoms with Crippen LogP contribution in [0.1, 0.15) is 37.9 Å². The zero-order valence-corrected chi connectivity index (χ0v) is 19.1. The van der Waals surface area contributed by atoms with E-state index in [0.29, 0.717) is 16.3 Å². The van der Waals surface area contributed by atoms with E-state index in [4.69, 9.17) is 16.3 Å². The Balaban J connectivity index is 2.13. The first-order valence-corrected chi connectivity index (χ1v) is 11.1. The van der Waals surface area contributed by atoms with Crippen LogP contribution in [0.3, 0.4) is 0 Å². The zero-order valence-electron chi connectivity index (χ0n) is 17.5. The van der Waals surface area contributed by atoms with E-state index in [1.807, 2.05) is 48.5 Å². The molecule has 1 aliphatic rings. The smallest absolute Gasteiger partial charge is 0.408 e. The van der Waals surface area contributed by atoms with Gasteiger partial charge in [-0.05, 0) is 55.7 Å². The van der Waals surface area contributed by atoms with Gasteiger partial charge in [-0.1, -0.05) is 41.9 Å². The van der Waals surface area contributed by atoms with Crippen molar-refractivity contribution in [2.45, 2.75) is 37.3 Å². The van der Waals surface area contributed by atoms with Crippen LogP contribution in [-0.4, -0.2) is 17.4 Å². The number of rotatable bonds is 3. The Morgan fingerprint density at radius 3 is 2.55 bits per heavy atom. The van der Waals surface area contributed by atoms with Crippen LogP contribution in [0.2, 0.25) is 5.02 Å². The molecule has 31 heavy (non-hydrogen) atoms. The highest BCUT2D eigenvalue weighted by Crippen LogP contribution is 2.46. The zero-order chi connectivity index (χ0) is 22.6. The van der Waals surface area contributed by atoms with Crippen molar-refractivity contribution in [1.82, 2.24) is 5.32 Å². The van der Waals surface area contributed by atoms with Gasteiger partial charge >= 0.3 is 6.09 Å². The highest BCUT2D eigenvalue weighted by molar-refractivity contribution is 7.99. The minimum absolute atomic E-state index is 0.0377. The van der Waals surface area contributed by atoms with Crippen LogP contribution in [0, 0.1) is 28.6 Å². The molecule has 0 radical (unpaired) electrons. The molecule has 2 aromatic rings. The molecule has 1 amide bonds. The van der Waals surface area contributed by atoms with Crippen molar-refractivity contribution in [2.24, 2.45) is 5.92 Å². The van der Waals surface area contributed by atoms with Crippen LogP contribution in [-0.2, 0) is 4.74 Å². The number of amides is 1. The van der Waals surface area contributed by atoms with E-state index in [1.165, 1.54) is 0 Å². The normalized spacial score (nSPS) is 16.3. The number of carbonyl (C=O) groups is 1. The molecule has 0 aromatic heterocycles. The van der Waals surface area contributed by atoms with Gasteiger partial charge in [0.25, 0.3) is 0 Å². The number of nitrogens with zero attached hydrogens (tertiary/aromatic N) is 2. The topological polar surface area (TPSA) is 85.9 Å². The minimum atomic E-state index is -0.667. The van der Waals surface area contributed by atoms with Crippen molar-refractivity contribution >= 4 is 35.0 Å². The fourth-order valence-electron chi connectivity index (χ4n) is 3.56. The molecule has 158 valence electrons. The number of benzene rings is 2. The fourth-order valence-corrected chi connectivity index (χ4v) is 4.98. The average molecular weight is 452 g/mol. The summed E-state index contributed by atoms with van der Waals surface area (Å²) >= 11 is 7.87. The van der Waals surface area contributed by atoms with Crippen molar-refractivity contribution in [2.75, 3.05) is 5.75 Å². The molecule has 0 saturated heterocycles. The second kappa shape index (κ2) is 9.47. The predicted octanol–water partition coefficient (Wildman–Crippen LogP) is 6.13.